The number of aryl methyl sites for hydroxylation is 2. The molecule has 6 nitrogen and oxygen atoms in total. The molecule has 0 atom stereocenters. The lowest BCUT2D eigenvalue weighted by molar-refractivity contribution is -0.137. The molecule has 0 bridgehead atoms. The van der Waals surface area contributed by atoms with Crippen molar-refractivity contribution in [2.75, 3.05) is 0 Å². The van der Waals surface area contributed by atoms with Gasteiger partial charge in [0, 0.05) is 22.6 Å². The molecule has 2 aromatic rings. The largest absolute Gasteiger partial charge is 0.361 e. The highest BCUT2D eigenvalue weighted by atomic mass is 16.2. The van der Waals surface area contributed by atoms with Gasteiger partial charge in [-0.1, -0.05) is 18.2 Å². The van der Waals surface area contributed by atoms with Crippen LogP contribution in [0.3, 0.4) is 0 Å². The zero-order valence-corrected chi connectivity index (χ0v) is 12.8. The Bertz CT molecular complexity index is 760. The lowest BCUT2D eigenvalue weighted by Gasteiger charge is -2.12. The molecular formula is C16H18N4O2. The SMILES string of the molecule is Cc1ccccc1-n1c(C)cc(/C=N\NC(=O)C(N)=O)c1C. The lowest BCUT2D eigenvalue weighted by atomic mass is 10.2. The van der Waals surface area contributed by atoms with Crippen molar-refractivity contribution in [1.29, 1.82) is 0 Å². The van der Waals surface area contributed by atoms with Crippen molar-refractivity contribution in [3.05, 3.63) is 52.8 Å². The summed E-state index contributed by atoms with van der Waals surface area (Å²) in [7, 11) is 0. The van der Waals surface area contributed by atoms with Crippen LogP contribution in [0, 0.1) is 20.8 Å². The molecule has 0 unspecified atom stereocenters. The van der Waals surface area contributed by atoms with Crippen molar-refractivity contribution in [3.8, 4) is 5.69 Å². The molecule has 0 saturated carbocycles. The first-order valence-electron chi connectivity index (χ1n) is 6.79. The fraction of sp³-hybridized carbons (Fsp3) is 0.188. The molecule has 0 saturated heterocycles. The molecule has 0 radical (unpaired) electrons. The summed E-state index contributed by atoms with van der Waals surface area (Å²) in [5, 5.41) is 3.76. The minimum Gasteiger partial charge on any atom is -0.361 e. The van der Waals surface area contributed by atoms with Gasteiger partial charge in [0.05, 0.1) is 6.21 Å². The van der Waals surface area contributed by atoms with Gasteiger partial charge in [0.2, 0.25) is 0 Å². The average Bonchev–Trinajstić information content (AvgIpc) is 2.74. The summed E-state index contributed by atoms with van der Waals surface area (Å²) in [6.45, 7) is 6.02. The predicted molar refractivity (Wildman–Crippen MR) is 84.9 cm³/mol. The first-order valence-corrected chi connectivity index (χ1v) is 6.79. The number of nitrogens with zero attached hydrogens (tertiary/aromatic N) is 2. The highest BCUT2D eigenvalue weighted by Gasteiger charge is 2.11. The summed E-state index contributed by atoms with van der Waals surface area (Å²) in [5.74, 6) is -2.01. The maximum atomic E-state index is 11.1. The van der Waals surface area contributed by atoms with Crippen LogP contribution in [-0.2, 0) is 9.59 Å². The number of nitrogens with two attached hydrogens (primary N) is 1. The number of aromatic nitrogens is 1. The molecule has 3 N–H and O–H groups in total. The van der Waals surface area contributed by atoms with Crippen LogP contribution in [0.15, 0.2) is 35.4 Å². The van der Waals surface area contributed by atoms with Crippen LogP contribution in [0.5, 0.6) is 0 Å². The van der Waals surface area contributed by atoms with E-state index in [-0.39, 0.29) is 0 Å². The van der Waals surface area contributed by atoms with Gasteiger partial charge in [0.25, 0.3) is 0 Å². The summed E-state index contributed by atoms with van der Waals surface area (Å²) in [5.41, 5.74) is 12.1. The second-order valence-corrected chi connectivity index (χ2v) is 5.01. The van der Waals surface area contributed by atoms with E-state index in [1.807, 2.05) is 38.1 Å². The Kier molecular flexibility index (Phi) is 4.41. The van der Waals surface area contributed by atoms with Crippen molar-refractivity contribution >= 4 is 18.0 Å². The van der Waals surface area contributed by atoms with E-state index in [2.05, 4.69) is 28.1 Å². The Hall–Kier alpha value is -2.89. The molecule has 0 aliphatic heterocycles. The molecule has 1 aromatic heterocycles. The van der Waals surface area contributed by atoms with Gasteiger partial charge in [-0.15, -0.1) is 0 Å². The molecule has 0 fully saturated rings. The number of amides is 2. The van der Waals surface area contributed by atoms with Gasteiger partial charge in [-0.2, -0.15) is 5.10 Å². The van der Waals surface area contributed by atoms with E-state index in [0.29, 0.717) is 0 Å². The molecule has 1 aromatic carbocycles. The number of rotatable bonds is 3. The van der Waals surface area contributed by atoms with Crippen LogP contribution in [0.4, 0.5) is 0 Å². The minimum absolute atomic E-state index is 0.852. The number of para-hydroxylation sites is 1. The predicted octanol–water partition coefficient (Wildman–Crippen LogP) is 1.34. The molecule has 0 spiro atoms. The second kappa shape index (κ2) is 6.26. The topological polar surface area (TPSA) is 89.5 Å². The van der Waals surface area contributed by atoms with Crippen LogP contribution in [0.2, 0.25) is 0 Å². The molecule has 0 aliphatic carbocycles. The summed E-state index contributed by atoms with van der Waals surface area (Å²) >= 11 is 0. The number of benzene rings is 1. The van der Waals surface area contributed by atoms with Crippen LogP contribution >= 0.6 is 0 Å². The highest BCUT2D eigenvalue weighted by molar-refractivity contribution is 6.34. The van der Waals surface area contributed by atoms with Crippen LogP contribution in [-0.4, -0.2) is 22.6 Å². The van der Waals surface area contributed by atoms with Crippen molar-refractivity contribution < 1.29 is 9.59 Å². The monoisotopic (exact) mass is 298 g/mol. The van der Waals surface area contributed by atoms with E-state index in [0.717, 1.165) is 28.2 Å². The van der Waals surface area contributed by atoms with Crippen molar-refractivity contribution in [1.82, 2.24) is 9.99 Å². The molecule has 22 heavy (non-hydrogen) atoms. The van der Waals surface area contributed by atoms with Crippen LogP contribution < -0.4 is 11.2 Å². The quantitative estimate of drug-likeness (QED) is 0.508. The number of hydrogen-bond donors (Lipinski definition) is 2. The molecule has 114 valence electrons. The first kappa shape index (κ1) is 15.5. The van der Waals surface area contributed by atoms with Gasteiger partial charge in [-0.05, 0) is 38.5 Å². The Morgan fingerprint density at radius 1 is 1.23 bits per heavy atom. The number of nitrogens with one attached hydrogen (secondary N) is 1. The third kappa shape index (κ3) is 3.06. The lowest BCUT2D eigenvalue weighted by Crippen LogP contribution is -2.32. The maximum absolute atomic E-state index is 11.1. The van der Waals surface area contributed by atoms with E-state index in [1.165, 1.54) is 6.21 Å². The van der Waals surface area contributed by atoms with E-state index in [9.17, 15) is 9.59 Å². The summed E-state index contributed by atoms with van der Waals surface area (Å²) in [6.07, 6.45) is 1.50. The van der Waals surface area contributed by atoms with Crippen molar-refractivity contribution in [2.45, 2.75) is 20.8 Å². The normalized spacial score (nSPS) is 10.9. The molecule has 6 heteroatoms. The van der Waals surface area contributed by atoms with Crippen LogP contribution in [0.1, 0.15) is 22.5 Å². The van der Waals surface area contributed by atoms with E-state index in [4.69, 9.17) is 5.73 Å². The fourth-order valence-corrected chi connectivity index (χ4v) is 2.32. The zero-order chi connectivity index (χ0) is 16.3. The average molecular weight is 298 g/mol. The molecule has 0 aliphatic rings. The van der Waals surface area contributed by atoms with Gasteiger partial charge < -0.3 is 10.3 Å². The zero-order valence-electron chi connectivity index (χ0n) is 12.8. The van der Waals surface area contributed by atoms with Gasteiger partial charge in [-0.3, -0.25) is 9.59 Å². The van der Waals surface area contributed by atoms with Gasteiger partial charge in [-0.25, -0.2) is 5.43 Å². The summed E-state index contributed by atoms with van der Waals surface area (Å²) in [6, 6.07) is 10.0. The molecule has 1 heterocycles. The number of primary amides is 1. The fourth-order valence-electron chi connectivity index (χ4n) is 2.32. The number of carbonyl (C=O) groups excluding carboxylic acids is 2. The maximum Gasteiger partial charge on any atom is 0.329 e. The number of carbonyl (C=O) groups is 2. The van der Waals surface area contributed by atoms with Gasteiger partial charge in [0.1, 0.15) is 0 Å². The Morgan fingerprint density at radius 2 is 1.91 bits per heavy atom. The highest BCUT2D eigenvalue weighted by Crippen LogP contribution is 2.22. The number of hydrogen-bond acceptors (Lipinski definition) is 3. The second-order valence-electron chi connectivity index (χ2n) is 5.01. The molecule has 2 rings (SSSR count). The van der Waals surface area contributed by atoms with Crippen molar-refractivity contribution in [3.63, 3.8) is 0 Å². The Balaban J connectivity index is 2.32. The van der Waals surface area contributed by atoms with Crippen LogP contribution in [0.25, 0.3) is 5.69 Å². The standard InChI is InChI=1S/C16H18N4O2/c1-10-6-4-5-7-14(10)20-11(2)8-13(12(20)3)9-18-19-16(22)15(17)21/h4-9H,1-3H3,(H2,17,21)(H,19,22)/b18-9-. The molecule has 2 amide bonds. The van der Waals surface area contributed by atoms with E-state index >= 15 is 0 Å². The van der Waals surface area contributed by atoms with Crippen molar-refractivity contribution in [2.24, 2.45) is 10.8 Å². The smallest absolute Gasteiger partial charge is 0.329 e. The van der Waals surface area contributed by atoms with E-state index < -0.39 is 11.8 Å². The first-order chi connectivity index (χ1) is 10.4. The third-order valence-corrected chi connectivity index (χ3v) is 3.42. The third-order valence-electron chi connectivity index (χ3n) is 3.42. The van der Waals surface area contributed by atoms with Gasteiger partial charge in [0.15, 0.2) is 0 Å². The Morgan fingerprint density at radius 3 is 2.55 bits per heavy atom. The Labute approximate surface area is 128 Å². The summed E-state index contributed by atoms with van der Waals surface area (Å²) in [4.78, 5) is 21.7. The molecular weight excluding hydrogens is 280 g/mol. The minimum atomic E-state index is -1.07. The van der Waals surface area contributed by atoms with Gasteiger partial charge >= 0.3 is 11.8 Å². The summed E-state index contributed by atoms with van der Waals surface area (Å²) < 4.78 is 2.12. The van der Waals surface area contributed by atoms with E-state index in [1.54, 1.807) is 0 Å². The number of hydrazone groups is 1.